The zero-order chi connectivity index (χ0) is 15.2. The predicted molar refractivity (Wildman–Crippen MR) is 77.7 cm³/mol. The van der Waals surface area contributed by atoms with Gasteiger partial charge >= 0.3 is 5.97 Å². The highest BCUT2D eigenvalue weighted by Crippen LogP contribution is 2.20. The van der Waals surface area contributed by atoms with Crippen molar-refractivity contribution < 1.29 is 15.1 Å². The molecule has 0 amide bonds. The van der Waals surface area contributed by atoms with E-state index in [1.54, 1.807) is 24.5 Å². The first-order valence-corrected chi connectivity index (χ1v) is 6.49. The van der Waals surface area contributed by atoms with Gasteiger partial charge in [-0.1, -0.05) is 28.9 Å². The maximum absolute atomic E-state index is 10.5. The van der Waals surface area contributed by atoms with E-state index in [-0.39, 0.29) is 24.4 Å². The van der Waals surface area contributed by atoms with Crippen molar-refractivity contribution >= 4 is 23.3 Å². The lowest BCUT2D eigenvalue weighted by Crippen LogP contribution is -2.09. The number of rotatable bonds is 5. The van der Waals surface area contributed by atoms with Gasteiger partial charge in [-0.25, -0.2) is 9.97 Å². The van der Waals surface area contributed by atoms with Crippen molar-refractivity contribution in [1.82, 2.24) is 9.97 Å². The number of halogens is 1. The van der Waals surface area contributed by atoms with E-state index in [9.17, 15) is 4.79 Å². The van der Waals surface area contributed by atoms with Crippen molar-refractivity contribution in [3.63, 3.8) is 0 Å². The van der Waals surface area contributed by atoms with Crippen LogP contribution >= 0.6 is 11.6 Å². The molecule has 0 aliphatic carbocycles. The molecule has 0 atom stereocenters. The van der Waals surface area contributed by atoms with Crippen molar-refractivity contribution in [3.8, 4) is 11.1 Å². The van der Waals surface area contributed by atoms with E-state index in [2.05, 4.69) is 15.1 Å². The van der Waals surface area contributed by atoms with Crippen LogP contribution in [0.5, 0.6) is 0 Å². The number of aromatic nitrogens is 2. The minimum atomic E-state index is -0.978. The Morgan fingerprint density at radius 2 is 1.71 bits per heavy atom. The average Bonchev–Trinajstić information content (AvgIpc) is 2.49. The van der Waals surface area contributed by atoms with Crippen molar-refractivity contribution in [2.75, 3.05) is 0 Å². The third-order valence-electron chi connectivity index (χ3n) is 2.78. The molecule has 0 aliphatic rings. The average molecular weight is 306 g/mol. The fourth-order valence-electron chi connectivity index (χ4n) is 1.70. The topological polar surface area (TPSA) is 95.7 Å². The number of aliphatic carboxylic acids is 1. The zero-order valence-corrected chi connectivity index (χ0v) is 11.7. The second kappa shape index (κ2) is 6.81. The molecule has 0 fully saturated rings. The van der Waals surface area contributed by atoms with Crippen LogP contribution < -0.4 is 0 Å². The van der Waals surface area contributed by atoms with E-state index in [1.807, 2.05) is 12.1 Å². The third kappa shape index (κ3) is 4.00. The second-order valence-corrected chi connectivity index (χ2v) is 4.68. The summed E-state index contributed by atoms with van der Waals surface area (Å²) in [7, 11) is 0. The minimum Gasteiger partial charge on any atom is -0.481 e. The molecule has 0 radical (unpaired) electrons. The molecule has 2 aromatic rings. The van der Waals surface area contributed by atoms with Gasteiger partial charge in [0, 0.05) is 29.4 Å². The van der Waals surface area contributed by atoms with Crippen molar-refractivity contribution in [2.45, 2.75) is 12.8 Å². The summed E-state index contributed by atoms with van der Waals surface area (Å²) in [5.74, 6) is -0.773. The normalized spacial score (nSPS) is 11.4. The standard InChI is InChI=1S/C14H12ClN3O3/c15-11-3-1-9(2-4-11)10-7-16-14(17-8-10)12(18-21)5-6-13(19)20/h1-4,7-8,21H,5-6H2,(H,19,20)/b18-12+. The summed E-state index contributed by atoms with van der Waals surface area (Å²) in [4.78, 5) is 18.7. The van der Waals surface area contributed by atoms with Crippen LogP contribution in [0.15, 0.2) is 41.8 Å². The van der Waals surface area contributed by atoms with Gasteiger partial charge in [0.25, 0.3) is 0 Å². The lowest BCUT2D eigenvalue weighted by atomic mass is 10.1. The van der Waals surface area contributed by atoms with Gasteiger partial charge in [0.15, 0.2) is 5.82 Å². The van der Waals surface area contributed by atoms with Gasteiger partial charge < -0.3 is 10.3 Å². The Hall–Kier alpha value is -2.47. The first kappa shape index (κ1) is 14.9. The van der Waals surface area contributed by atoms with Crippen LogP contribution in [0, 0.1) is 0 Å². The van der Waals surface area contributed by atoms with Gasteiger partial charge in [-0.3, -0.25) is 4.79 Å². The molecule has 2 rings (SSSR count). The summed E-state index contributed by atoms with van der Waals surface area (Å²) < 4.78 is 0. The van der Waals surface area contributed by atoms with E-state index in [4.69, 9.17) is 21.9 Å². The number of carboxylic acid groups (broad SMARTS) is 1. The Balaban J connectivity index is 2.18. The van der Waals surface area contributed by atoms with Gasteiger partial charge in [0.05, 0.1) is 6.42 Å². The second-order valence-electron chi connectivity index (χ2n) is 4.24. The van der Waals surface area contributed by atoms with Crippen LogP contribution in [-0.4, -0.2) is 32.0 Å². The molecule has 108 valence electrons. The number of nitrogens with zero attached hydrogens (tertiary/aromatic N) is 3. The molecule has 0 saturated heterocycles. The van der Waals surface area contributed by atoms with Crippen LogP contribution in [0.4, 0.5) is 0 Å². The highest BCUT2D eigenvalue weighted by atomic mass is 35.5. The van der Waals surface area contributed by atoms with Gasteiger partial charge in [0.1, 0.15) is 5.71 Å². The van der Waals surface area contributed by atoms with E-state index >= 15 is 0 Å². The van der Waals surface area contributed by atoms with Crippen LogP contribution in [0.3, 0.4) is 0 Å². The van der Waals surface area contributed by atoms with Crippen molar-refractivity contribution in [3.05, 3.63) is 47.5 Å². The Labute approximate surface area is 125 Å². The SMILES string of the molecule is O=C(O)CC/C(=N\O)c1ncc(-c2ccc(Cl)cc2)cn1. The Kier molecular flexibility index (Phi) is 4.84. The molecular weight excluding hydrogens is 294 g/mol. The summed E-state index contributed by atoms with van der Waals surface area (Å²) in [6.07, 6.45) is 3.07. The first-order valence-electron chi connectivity index (χ1n) is 6.11. The largest absolute Gasteiger partial charge is 0.481 e. The predicted octanol–water partition coefficient (Wildman–Crippen LogP) is 2.84. The number of carboxylic acids is 1. The molecule has 0 bridgehead atoms. The molecule has 1 aromatic carbocycles. The summed E-state index contributed by atoms with van der Waals surface area (Å²) in [6.45, 7) is 0. The summed E-state index contributed by atoms with van der Waals surface area (Å²) in [5, 5.41) is 21.2. The molecular formula is C14H12ClN3O3. The molecule has 6 nitrogen and oxygen atoms in total. The van der Waals surface area contributed by atoms with Gasteiger partial charge in [-0.2, -0.15) is 0 Å². The van der Waals surface area contributed by atoms with E-state index in [0.29, 0.717) is 5.02 Å². The highest BCUT2D eigenvalue weighted by Gasteiger charge is 2.10. The number of hydrogen-bond donors (Lipinski definition) is 2. The molecule has 0 unspecified atom stereocenters. The fourth-order valence-corrected chi connectivity index (χ4v) is 1.83. The summed E-state index contributed by atoms with van der Waals surface area (Å²) >= 11 is 5.82. The molecule has 1 aromatic heterocycles. The highest BCUT2D eigenvalue weighted by molar-refractivity contribution is 6.30. The zero-order valence-electron chi connectivity index (χ0n) is 10.9. The Morgan fingerprint density at radius 3 is 2.24 bits per heavy atom. The number of benzene rings is 1. The molecule has 0 aliphatic heterocycles. The maximum Gasteiger partial charge on any atom is 0.303 e. The Morgan fingerprint density at radius 1 is 1.10 bits per heavy atom. The van der Waals surface area contributed by atoms with Crippen molar-refractivity contribution in [1.29, 1.82) is 0 Å². The number of oxime groups is 1. The lowest BCUT2D eigenvalue weighted by molar-refractivity contribution is -0.136. The molecule has 7 heteroatoms. The van der Waals surface area contributed by atoms with Crippen LogP contribution in [0.25, 0.3) is 11.1 Å². The first-order chi connectivity index (χ1) is 10.1. The van der Waals surface area contributed by atoms with E-state index in [0.717, 1.165) is 11.1 Å². The van der Waals surface area contributed by atoms with Crippen LogP contribution in [0.1, 0.15) is 18.7 Å². The monoisotopic (exact) mass is 305 g/mol. The molecule has 0 spiro atoms. The third-order valence-corrected chi connectivity index (χ3v) is 3.04. The molecule has 21 heavy (non-hydrogen) atoms. The smallest absolute Gasteiger partial charge is 0.303 e. The van der Waals surface area contributed by atoms with Gasteiger partial charge in [-0.05, 0) is 17.7 Å². The number of hydrogen-bond acceptors (Lipinski definition) is 5. The summed E-state index contributed by atoms with van der Waals surface area (Å²) in [5.41, 5.74) is 1.82. The quantitative estimate of drug-likeness (QED) is 0.503. The maximum atomic E-state index is 10.5. The Bertz CT molecular complexity index is 654. The van der Waals surface area contributed by atoms with Gasteiger partial charge in [-0.15, -0.1) is 0 Å². The molecule has 1 heterocycles. The van der Waals surface area contributed by atoms with Crippen LogP contribution in [-0.2, 0) is 4.79 Å². The minimum absolute atomic E-state index is 0.0616. The molecule has 2 N–H and O–H groups in total. The fraction of sp³-hybridized carbons (Fsp3) is 0.143. The lowest BCUT2D eigenvalue weighted by Gasteiger charge is -2.04. The van der Waals surface area contributed by atoms with E-state index < -0.39 is 5.97 Å². The van der Waals surface area contributed by atoms with E-state index in [1.165, 1.54) is 0 Å². The van der Waals surface area contributed by atoms with Crippen molar-refractivity contribution in [2.24, 2.45) is 5.16 Å². The molecule has 0 saturated carbocycles. The van der Waals surface area contributed by atoms with Crippen LogP contribution in [0.2, 0.25) is 5.02 Å². The van der Waals surface area contributed by atoms with Gasteiger partial charge in [0.2, 0.25) is 0 Å². The number of carbonyl (C=O) groups is 1. The summed E-state index contributed by atoms with van der Waals surface area (Å²) in [6, 6.07) is 7.20.